The normalized spacial score (nSPS) is 17.6. The topological polar surface area (TPSA) is 26.0 Å². The van der Waals surface area contributed by atoms with Crippen molar-refractivity contribution in [1.82, 2.24) is 0 Å². The van der Waals surface area contributed by atoms with Crippen molar-refractivity contribution in [3.8, 4) is 0 Å². The Balaban J connectivity index is 1.91. The summed E-state index contributed by atoms with van der Waals surface area (Å²) in [6.45, 7) is 0. The molecule has 0 aromatic heterocycles. The van der Waals surface area contributed by atoms with Crippen LogP contribution < -0.4 is 5.73 Å². The van der Waals surface area contributed by atoms with E-state index in [9.17, 15) is 0 Å². The van der Waals surface area contributed by atoms with Gasteiger partial charge in [-0.3, -0.25) is 0 Å². The summed E-state index contributed by atoms with van der Waals surface area (Å²) in [6.07, 6.45) is 3.90. The summed E-state index contributed by atoms with van der Waals surface area (Å²) in [6, 6.07) is 15.3. The highest BCUT2D eigenvalue weighted by Gasteiger charge is 2.24. The first kappa shape index (κ1) is 9.86. The average molecular weight is 211 g/mol. The molecule has 82 valence electrons. The molecule has 1 heteroatoms. The fourth-order valence-electron chi connectivity index (χ4n) is 2.29. The molecule has 1 aliphatic carbocycles. The number of nitrogens with two attached hydrogens (primary N) is 1. The Kier molecular flexibility index (Phi) is 2.41. The minimum Gasteiger partial charge on any atom is -0.324 e. The minimum absolute atomic E-state index is 0.220. The number of hydrogen-bond donors (Lipinski definition) is 1. The Bertz CT molecular complexity index is 500. The van der Waals surface area contributed by atoms with Crippen LogP contribution in [0.25, 0.3) is 10.8 Å². The molecule has 1 atom stereocenters. The maximum atomic E-state index is 6.23. The standard InChI is InChI=1S/C15H17N/c16-15(9-11-5-6-11)14-8-7-12-3-1-2-4-13(12)10-14/h1-4,7-8,10-11,15H,5-6,9,16H2/t15-/m0/s1. The molecule has 2 aromatic carbocycles. The van der Waals surface area contributed by atoms with Gasteiger partial charge < -0.3 is 5.73 Å². The van der Waals surface area contributed by atoms with Gasteiger partial charge in [-0.25, -0.2) is 0 Å². The van der Waals surface area contributed by atoms with Gasteiger partial charge >= 0.3 is 0 Å². The number of benzene rings is 2. The molecule has 0 unspecified atom stereocenters. The Morgan fingerprint density at radius 2 is 1.81 bits per heavy atom. The molecule has 3 rings (SSSR count). The number of rotatable bonds is 3. The predicted molar refractivity (Wildman–Crippen MR) is 68.2 cm³/mol. The van der Waals surface area contributed by atoms with Crippen LogP contribution in [0.4, 0.5) is 0 Å². The van der Waals surface area contributed by atoms with E-state index in [1.165, 1.54) is 29.2 Å². The van der Waals surface area contributed by atoms with Gasteiger partial charge in [0.1, 0.15) is 0 Å². The lowest BCUT2D eigenvalue weighted by Crippen LogP contribution is -2.10. The fourth-order valence-corrected chi connectivity index (χ4v) is 2.29. The van der Waals surface area contributed by atoms with Crippen molar-refractivity contribution in [3.63, 3.8) is 0 Å². The third-order valence-electron chi connectivity index (χ3n) is 3.49. The molecule has 2 N–H and O–H groups in total. The third-order valence-corrected chi connectivity index (χ3v) is 3.49. The van der Waals surface area contributed by atoms with Crippen LogP contribution in [0.5, 0.6) is 0 Å². The van der Waals surface area contributed by atoms with Crippen molar-refractivity contribution in [3.05, 3.63) is 48.0 Å². The van der Waals surface area contributed by atoms with Crippen LogP contribution in [0.1, 0.15) is 30.9 Å². The third kappa shape index (κ3) is 1.96. The van der Waals surface area contributed by atoms with Gasteiger partial charge in [0, 0.05) is 6.04 Å². The smallest absolute Gasteiger partial charge is 0.0297 e. The zero-order chi connectivity index (χ0) is 11.0. The summed E-state index contributed by atoms with van der Waals surface area (Å²) < 4.78 is 0. The second-order valence-electron chi connectivity index (χ2n) is 4.89. The van der Waals surface area contributed by atoms with Gasteiger partial charge in [0.2, 0.25) is 0 Å². The molecule has 0 bridgehead atoms. The van der Waals surface area contributed by atoms with Crippen LogP contribution in [-0.2, 0) is 0 Å². The maximum absolute atomic E-state index is 6.23. The maximum Gasteiger partial charge on any atom is 0.0297 e. The summed E-state index contributed by atoms with van der Waals surface area (Å²) in [7, 11) is 0. The second-order valence-corrected chi connectivity index (χ2v) is 4.89. The Morgan fingerprint density at radius 1 is 1.06 bits per heavy atom. The zero-order valence-corrected chi connectivity index (χ0v) is 9.39. The first-order valence-electron chi connectivity index (χ1n) is 6.07. The highest BCUT2D eigenvalue weighted by atomic mass is 14.6. The quantitative estimate of drug-likeness (QED) is 0.824. The Labute approximate surface area is 96.3 Å². The van der Waals surface area contributed by atoms with Crippen molar-refractivity contribution in [2.24, 2.45) is 11.7 Å². The molecule has 2 aromatic rings. The molecule has 0 spiro atoms. The van der Waals surface area contributed by atoms with Gasteiger partial charge in [-0.05, 0) is 34.7 Å². The van der Waals surface area contributed by atoms with Crippen molar-refractivity contribution in [1.29, 1.82) is 0 Å². The molecule has 0 saturated heterocycles. The van der Waals surface area contributed by atoms with E-state index >= 15 is 0 Å². The monoisotopic (exact) mass is 211 g/mol. The van der Waals surface area contributed by atoms with E-state index in [2.05, 4.69) is 42.5 Å². The van der Waals surface area contributed by atoms with E-state index in [1.807, 2.05) is 0 Å². The van der Waals surface area contributed by atoms with Crippen LogP contribution in [-0.4, -0.2) is 0 Å². The van der Waals surface area contributed by atoms with Gasteiger partial charge in [0.15, 0.2) is 0 Å². The van der Waals surface area contributed by atoms with E-state index in [0.717, 1.165) is 12.3 Å². The van der Waals surface area contributed by atoms with E-state index < -0.39 is 0 Å². The highest BCUT2D eigenvalue weighted by Crippen LogP contribution is 2.37. The zero-order valence-electron chi connectivity index (χ0n) is 9.39. The van der Waals surface area contributed by atoms with Crippen molar-refractivity contribution >= 4 is 10.8 Å². The molecule has 1 fully saturated rings. The lowest BCUT2D eigenvalue weighted by atomic mass is 9.99. The molecule has 1 nitrogen and oxygen atoms in total. The van der Waals surface area contributed by atoms with E-state index in [4.69, 9.17) is 5.73 Å². The van der Waals surface area contributed by atoms with Gasteiger partial charge in [-0.15, -0.1) is 0 Å². The molecular formula is C15H17N. The van der Waals surface area contributed by atoms with Crippen LogP contribution in [0, 0.1) is 5.92 Å². The molecule has 0 aliphatic heterocycles. The summed E-state index contributed by atoms with van der Waals surface area (Å²) in [5.41, 5.74) is 7.51. The highest BCUT2D eigenvalue weighted by molar-refractivity contribution is 5.83. The number of fused-ring (bicyclic) bond motifs is 1. The van der Waals surface area contributed by atoms with E-state index in [-0.39, 0.29) is 6.04 Å². The molecule has 1 saturated carbocycles. The largest absolute Gasteiger partial charge is 0.324 e. The minimum atomic E-state index is 0.220. The lowest BCUT2D eigenvalue weighted by molar-refractivity contribution is 0.597. The van der Waals surface area contributed by atoms with Gasteiger partial charge in [0.05, 0.1) is 0 Å². The summed E-state index contributed by atoms with van der Waals surface area (Å²) in [5.74, 6) is 0.890. The van der Waals surface area contributed by atoms with Crippen LogP contribution in [0.3, 0.4) is 0 Å². The lowest BCUT2D eigenvalue weighted by Gasteiger charge is -2.12. The summed E-state index contributed by atoms with van der Waals surface area (Å²) in [4.78, 5) is 0. The van der Waals surface area contributed by atoms with Crippen LogP contribution in [0.2, 0.25) is 0 Å². The van der Waals surface area contributed by atoms with Crippen LogP contribution >= 0.6 is 0 Å². The SMILES string of the molecule is N[C@@H](CC1CC1)c1ccc2ccccc2c1. The molecule has 0 heterocycles. The van der Waals surface area contributed by atoms with Gasteiger partial charge in [-0.2, -0.15) is 0 Å². The van der Waals surface area contributed by atoms with Crippen molar-refractivity contribution < 1.29 is 0 Å². The van der Waals surface area contributed by atoms with Crippen molar-refractivity contribution in [2.75, 3.05) is 0 Å². The first-order chi connectivity index (χ1) is 7.83. The first-order valence-corrected chi connectivity index (χ1v) is 6.07. The number of hydrogen-bond acceptors (Lipinski definition) is 1. The molecule has 0 amide bonds. The van der Waals surface area contributed by atoms with E-state index in [1.54, 1.807) is 0 Å². The molecule has 0 radical (unpaired) electrons. The van der Waals surface area contributed by atoms with Crippen molar-refractivity contribution in [2.45, 2.75) is 25.3 Å². The Morgan fingerprint density at radius 3 is 2.56 bits per heavy atom. The predicted octanol–water partition coefficient (Wildman–Crippen LogP) is 3.64. The van der Waals surface area contributed by atoms with E-state index in [0.29, 0.717) is 0 Å². The molecular weight excluding hydrogens is 194 g/mol. The van der Waals surface area contributed by atoms with Crippen LogP contribution in [0.15, 0.2) is 42.5 Å². The molecule has 16 heavy (non-hydrogen) atoms. The second kappa shape index (κ2) is 3.91. The fraction of sp³-hybridized carbons (Fsp3) is 0.333. The van der Waals surface area contributed by atoms with Gasteiger partial charge in [0.25, 0.3) is 0 Å². The summed E-state index contributed by atoms with van der Waals surface area (Å²) >= 11 is 0. The van der Waals surface area contributed by atoms with Gasteiger partial charge in [-0.1, -0.05) is 49.2 Å². The average Bonchev–Trinajstić information content (AvgIpc) is 3.12. The summed E-state index contributed by atoms with van der Waals surface area (Å²) in [5, 5.41) is 2.59. The molecule has 1 aliphatic rings. The Hall–Kier alpha value is -1.34.